The molecule has 1 heterocycles. The Balaban J connectivity index is 2.13. The molecule has 0 saturated carbocycles. The minimum atomic E-state index is -0.409. The van der Waals surface area contributed by atoms with E-state index >= 15 is 0 Å². The summed E-state index contributed by atoms with van der Waals surface area (Å²) in [5, 5.41) is 0.184. The number of ketones is 2. The van der Waals surface area contributed by atoms with E-state index in [2.05, 4.69) is 6.92 Å². The van der Waals surface area contributed by atoms with Crippen molar-refractivity contribution in [3.8, 4) is 0 Å². The fourth-order valence-corrected chi connectivity index (χ4v) is 4.06. The summed E-state index contributed by atoms with van der Waals surface area (Å²) in [7, 11) is 0. The van der Waals surface area contributed by atoms with Crippen LogP contribution in [0.2, 0.25) is 0 Å². The molecule has 0 spiro atoms. The predicted molar refractivity (Wildman–Crippen MR) is 84.4 cm³/mol. The summed E-state index contributed by atoms with van der Waals surface area (Å²) in [6.07, 6.45) is 0.597. The molecule has 2 aliphatic rings. The molecule has 3 nitrogen and oxygen atoms in total. The van der Waals surface area contributed by atoms with Crippen LogP contribution in [0.1, 0.15) is 43.1 Å². The van der Waals surface area contributed by atoms with Gasteiger partial charge < -0.3 is 4.74 Å². The van der Waals surface area contributed by atoms with E-state index in [4.69, 9.17) is 4.74 Å². The highest BCUT2D eigenvalue weighted by molar-refractivity contribution is 7.99. The van der Waals surface area contributed by atoms with Gasteiger partial charge in [-0.05, 0) is 26.0 Å². The molecular weight excluding hydrogens is 284 g/mol. The molecule has 1 aromatic rings. The number of thioether (sulfide) groups is 1. The molecule has 21 heavy (non-hydrogen) atoms. The molecular formula is C17H18O3S. The second-order valence-corrected chi connectivity index (χ2v) is 7.34. The molecule has 3 rings (SSSR count). The third kappa shape index (κ3) is 2.22. The maximum Gasteiger partial charge on any atom is 0.234 e. The Kier molecular flexibility index (Phi) is 3.44. The van der Waals surface area contributed by atoms with Gasteiger partial charge in [0.05, 0.1) is 0 Å². The van der Waals surface area contributed by atoms with Crippen LogP contribution >= 0.6 is 11.8 Å². The van der Waals surface area contributed by atoms with Crippen molar-refractivity contribution in [1.82, 2.24) is 0 Å². The fraction of sp³-hybridized carbons (Fsp3) is 0.412. The summed E-state index contributed by atoms with van der Waals surface area (Å²) in [4.78, 5) is 24.6. The topological polar surface area (TPSA) is 43.4 Å². The van der Waals surface area contributed by atoms with Crippen molar-refractivity contribution in [3.05, 3.63) is 41.0 Å². The maximum atomic E-state index is 12.4. The average Bonchev–Trinajstić information content (AvgIpc) is 2.46. The van der Waals surface area contributed by atoms with Gasteiger partial charge in [0.15, 0.2) is 0 Å². The van der Waals surface area contributed by atoms with Gasteiger partial charge >= 0.3 is 0 Å². The lowest BCUT2D eigenvalue weighted by Crippen LogP contribution is -2.43. The van der Waals surface area contributed by atoms with E-state index in [1.165, 1.54) is 0 Å². The van der Waals surface area contributed by atoms with Crippen LogP contribution in [0.4, 0.5) is 0 Å². The van der Waals surface area contributed by atoms with E-state index < -0.39 is 11.6 Å². The third-order valence-electron chi connectivity index (χ3n) is 4.07. The van der Waals surface area contributed by atoms with Crippen LogP contribution in [0.15, 0.2) is 29.8 Å². The van der Waals surface area contributed by atoms with Crippen molar-refractivity contribution in [1.29, 1.82) is 0 Å². The summed E-state index contributed by atoms with van der Waals surface area (Å²) in [6, 6.07) is 7.20. The van der Waals surface area contributed by atoms with Crippen molar-refractivity contribution >= 4 is 29.1 Å². The van der Waals surface area contributed by atoms with Gasteiger partial charge in [-0.3, -0.25) is 9.59 Å². The lowest BCUT2D eigenvalue weighted by Gasteiger charge is -2.41. The quantitative estimate of drug-likeness (QED) is 0.784. The van der Waals surface area contributed by atoms with Gasteiger partial charge in [0.25, 0.3) is 0 Å². The number of hydrogen-bond donors (Lipinski definition) is 0. The van der Waals surface area contributed by atoms with E-state index in [1.807, 2.05) is 26.0 Å². The third-order valence-corrected chi connectivity index (χ3v) is 5.54. The molecule has 0 radical (unpaired) electrons. The van der Waals surface area contributed by atoms with Gasteiger partial charge in [-0.1, -0.05) is 31.2 Å². The SMILES string of the molecule is CCSC1CC2=C(OC1(C)C)c1ccccc1C(=O)C2=O. The van der Waals surface area contributed by atoms with Crippen LogP contribution < -0.4 is 0 Å². The Bertz CT molecular complexity index is 658. The zero-order valence-electron chi connectivity index (χ0n) is 12.4. The fourth-order valence-electron chi connectivity index (χ4n) is 2.93. The first-order chi connectivity index (χ1) is 9.95. The number of carbonyl (C=O) groups is 2. The standard InChI is InChI=1S/C17H18O3S/c1-4-21-13-9-12-15(19)14(18)10-7-5-6-8-11(10)16(12)20-17(13,2)3/h5-8,13H,4,9H2,1-3H3. The summed E-state index contributed by atoms with van der Waals surface area (Å²) < 4.78 is 6.17. The van der Waals surface area contributed by atoms with Crippen LogP contribution in [0.5, 0.6) is 0 Å². The molecule has 1 unspecified atom stereocenters. The molecule has 4 heteroatoms. The first-order valence-electron chi connectivity index (χ1n) is 7.18. The van der Waals surface area contributed by atoms with Crippen molar-refractivity contribution < 1.29 is 14.3 Å². The molecule has 0 saturated heterocycles. The predicted octanol–water partition coefficient (Wildman–Crippen LogP) is 3.48. The summed E-state index contributed by atoms with van der Waals surface area (Å²) in [5.74, 6) is 0.751. The molecule has 0 aromatic heterocycles. The Hall–Kier alpha value is -1.55. The van der Waals surface area contributed by atoms with Gasteiger partial charge in [0, 0.05) is 21.9 Å². The van der Waals surface area contributed by atoms with Gasteiger partial charge in [-0.25, -0.2) is 0 Å². The van der Waals surface area contributed by atoms with Crippen molar-refractivity contribution in [3.63, 3.8) is 0 Å². The van der Waals surface area contributed by atoms with E-state index in [9.17, 15) is 9.59 Å². The van der Waals surface area contributed by atoms with E-state index in [0.717, 1.165) is 11.3 Å². The maximum absolute atomic E-state index is 12.4. The van der Waals surface area contributed by atoms with E-state index in [0.29, 0.717) is 23.3 Å². The molecule has 1 atom stereocenters. The highest BCUT2D eigenvalue weighted by atomic mass is 32.2. The minimum Gasteiger partial charge on any atom is -0.486 e. The molecule has 1 aliphatic heterocycles. The summed E-state index contributed by atoms with van der Waals surface area (Å²) >= 11 is 1.78. The smallest absolute Gasteiger partial charge is 0.234 e. The number of hydrogen-bond acceptors (Lipinski definition) is 4. The van der Waals surface area contributed by atoms with Crippen molar-refractivity contribution in [2.45, 2.75) is 38.0 Å². The van der Waals surface area contributed by atoms with Gasteiger partial charge in [-0.15, -0.1) is 0 Å². The molecule has 0 amide bonds. The highest BCUT2D eigenvalue weighted by Gasteiger charge is 2.44. The number of ether oxygens (including phenoxy) is 1. The molecule has 110 valence electrons. The molecule has 0 N–H and O–H groups in total. The molecule has 1 aromatic carbocycles. The minimum absolute atomic E-state index is 0.184. The van der Waals surface area contributed by atoms with Gasteiger partial charge in [0.1, 0.15) is 11.4 Å². The van der Waals surface area contributed by atoms with Gasteiger partial charge in [-0.2, -0.15) is 11.8 Å². The van der Waals surface area contributed by atoms with Gasteiger partial charge in [0.2, 0.25) is 11.6 Å². The van der Waals surface area contributed by atoms with Crippen LogP contribution in [0.3, 0.4) is 0 Å². The van der Waals surface area contributed by atoms with E-state index in [1.54, 1.807) is 23.9 Å². The van der Waals surface area contributed by atoms with Crippen molar-refractivity contribution in [2.75, 3.05) is 5.75 Å². The van der Waals surface area contributed by atoms with Crippen molar-refractivity contribution in [2.24, 2.45) is 0 Å². The zero-order chi connectivity index (χ0) is 15.2. The highest BCUT2D eigenvalue weighted by Crippen LogP contribution is 2.45. The Morgan fingerprint density at radius 1 is 1.19 bits per heavy atom. The van der Waals surface area contributed by atoms with E-state index in [-0.39, 0.29) is 10.9 Å². The number of benzene rings is 1. The second kappa shape index (κ2) is 5.02. The second-order valence-electron chi connectivity index (χ2n) is 5.87. The zero-order valence-corrected chi connectivity index (χ0v) is 13.3. The molecule has 0 fully saturated rings. The lowest BCUT2D eigenvalue weighted by atomic mass is 9.82. The first kappa shape index (κ1) is 14.4. The number of fused-ring (bicyclic) bond motifs is 2. The first-order valence-corrected chi connectivity index (χ1v) is 8.22. The average molecular weight is 302 g/mol. The van der Waals surface area contributed by atoms with Crippen LogP contribution in [-0.4, -0.2) is 28.2 Å². The summed E-state index contributed by atoms with van der Waals surface area (Å²) in [6.45, 7) is 6.19. The molecule has 0 bridgehead atoms. The number of allylic oxidation sites excluding steroid dienone is 1. The van der Waals surface area contributed by atoms with Crippen LogP contribution in [0, 0.1) is 0 Å². The summed E-state index contributed by atoms with van der Waals surface area (Å²) in [5.41, 5.74) is 1.40. The largest absolute Gasteiger partial charge is 0.486 e. The lowest BCUT2D eigenvalue weighted by molar-refractivity contribution is -0.112. The Morgan fingerprint density at radius 3 is 2.52 bits per heavy atom. The number of Topliss-reactive ketones (excluding diaryl/α,β-unsaturated/α-hetero) is 2. The monoisotopic (exact) mass is 302 g/mol. The molecule has 1 aliphatic carbocycles. The number of rotatable bonds is 2. The van der Waals surface area contributed by atoms with Crippen LogP contribution in [-0.2, 0) is 9.53 Å². The Labute approximate surface area is 128 Å². The van der Waals surface area contributed by atoms with Crippen LogP contribution in [0.25, 0.3) is 5.76 Å². The Morgan fingerprint density at radius 2 is 1.86 bits per heavy atom. The normalized spacial score (nSPS) is 23.5. The number of carbonyl (C=O) groups excluding carboxylic acids is 2.